The molecule has 0 radical (unpaired) electrons. The Morgan fingerprint density at radius 2 is 2.05 bits per heavy atom. The number of thioether (sulfide) groups is 1. The van der Waals surface area contributed by atoms with Crippen molar-refractivity contribution in [2.45, 2.75) is 70.8 Å². The van der Waals surface area contributed by atoms with Gasteiger partial charge in [0.25, 0.3) is 0 Å². The van der Waals surface area contributed by atoms with Gasteiger partial charge in [0, 0.05) is 18.3 Å². The lowest BCUT2D eigenvalue weighted by molar-refractivity contribution is -0.141. The van der Waals surface area contributed by atoms with Crippen LogP contribution in [0.15, 0.2) is 0 Å². The molecular formula is C15H28N2O3S. The average molecular weight is 316 g/mol. The van der Waals surface area contributed by atoms with Crippen LogP contribution in [0.2, 0.25) is 0 Å². The number of aliphatic carboxylic acids is 1. The third-order valence-corrected chi connectivity index (χ3v) is 5.52. The topological polar surface area (TPSA) is 60.9 Å². The number of carboxylic acids is 1. The fourth-order valence-corrected chi connectivity index (χ4v) is 3.87. The molecule has 0 aromatic heterocycles. The predicted molar refractivity (Wildman–Crippen MR) is 86.6 cm³/mol. The summed E-state index contributed by atoms with van der Waals surface area (Å²) in [6.45, 7) is 8.89. The summed E-state index contributed by atoms with van der Waals surface area (Å²) in [5, 5.41) is 9.35. The van der Waals surface area contributed by atoms with Gasteiger partial charge in [-0.2, -0.15) is 0 Å². The minimum atomic E-state index is -0.897. The summed E-state index contributed by atoms with van der Waals surface area (Å²) in [6, 6.07) is -0.663. The molecule has 2 amide bonds. The second-order valence-corrected chi connectivity index (χ2v) is 6.76. The van der Waals surface area contributed by atoms with E-state index >= 15 is 0 Å². The fourth-order valence-electron chi connectivity index (χ4n) is 2.53. The van der Waals surface area contributed by atoms with Crippen LogP contribution in [0.5, 0.6) is 0 Å². The molecule has 3 atom stereocenters. The smallest absolute Gasteiger partial charge is 0.327 e. The Labute approximate surface area is 132 Å². The molecule has 0 aromatic rings. The molecule has 5 nitrogen and oxygen atoms in total. The van der Waals surface area contributed by atoms with Gasteiger partial charge in [0.15, 0.2) is 0 Å². The van der Waals surface area contributed by atoms with Crippen LogP contribution in [0.1, 0.15) is 53.4 Å². The molecule has 1 heterocycles. The summed E-state index contributed by atoms with van der Waals surface area (Å²) in [5.74, 6) is -0.409. The lowest BCUT2D eigenvalue weighted by Gasteiger charge is -2.36. The molecule has 0 saturated carbocycles. The summed E-state index contributed by atoms with van der Waals surface area (Å²) in [5.41, 5.74) is 0. The molecule has 0 aliphatic carbocycles. The number of carbonyl (C=O) groups excluding carboxylic acids is 1. The molecule has 21 heavy (non-hydrogen) atoms. The molecule has 1 aliphatic rings. The van der Waals surface area contributed by atoms with E-state index in [1.54, 1.807) is 16.7 Å². The van der Waals surface area contributed by atoms with E-state index in [4.69, 9.17) is 0 Å². The minimum Gasteiger partial charge on any atom is -0.480 e. The Hall–Kier alpha value is -0.910. The van der Waals surface area contributed by atoms with Gasteiger partial charge >= 0.3 is 12.0 Å². The van der Waals surface area contributed by atoms with Crippen molar-refractivity contribution >= 4 is 23.8 Å². The third kappa shape index (κ3) is 4.28. The van der Waals surface area contributed by atoms with Gasteiger partial charge in [-0.15, -0.1) is 11.8 Å². The Balaban J connectivity index is 2.94. The van der Waals surface area contributed by atoms with Crippen LogP contribution in [0.25, 0.3) is 0 Å². The van der Waals surface area contributed by atoms with E-state index in [9.17, 15) is 14.7 Å². The van der Waals surface area contributed by atoms with Gasteiger partial charge in [-0.05, 0) is 26.2 Å². The van der Waals surface area contributed by atoms with Gasteiger partial charge in [0.2, 0.25) is 0 Å². The average Bonchev–Trinajstić information content (AvgIpc) is 2.90. The zero-order valence-electron chi connectivity index (χ0n) is 13.5. The normalized spacial score (nSPS) is 23.1. The Bertz CT molecular complexity index is 365. The van der Waals surface area contributed by atoms with E-state index in [1.807, 2.05) is 18.7 Å². The van der Waals surface area contributed by atoms with Crippen molar-refractivity contribution in [3.8, 4) is 0 Å². The van der Waals surface area contributed by atoms with Crippen molar-refractivity contribution in [1.29, 1.82) is 0 Å². The van der Waals surface area contributed by atoms with Crippen molar-refractivity contribution in [3.63, 3.8) is 0 Å². The largest absolute Gasteiger partial charge is 0.480 e. The van der Waals surface area contributed by atoms with E-state index in [1.165, 1.54) is 0 Å². The minimum absolute atomic E-state index is 0.0215. The standard InChI is InChI=1S/C15H28N2O3S/c1-5-8-9-16(11(4)6-2)15(20)17-12(14(18)19)10-21-13(17)7-3/h11-13H,5-10H2,1-4H3,(H,18,19). The van der Waals surface area contributed by atoms with Gasteiger partial charge in [-0.25, -0.2) is 9.59 Å². The lowest BCUT2D eigenvalue weighted by Crippen LogP contribution is -2.53. The molecule has 0 aromatic carbocycles. The SMILES string of the molecule is CCCCN(C(=O)N1C(CC)SCC1C(=O)O)C(C)CC. The van der Waals surface area contributed by atoms with Crippen LogP contribution in [0, 0.1) is 0 Å². The van der Waals surface area contributed by atoms with E-state index in [2.05, 4.69) is 13.8 Å². The fraction of sp³-hybridized carbons (Fsp3) is 0.867. The highest BCUT2D eigenvalue weighted by Gasteiger charge is 2.42. The number of hydrogen-bond acceptors (Lipinski definition) is 3. The third-order valence-electron chi connectivity index (χ3n) is 4.07. The number of urea groups is 1. The Morgan fingerprint density at radius 1 is 1.38 bits per heavy atom. The summed E-state index contributed by atoms with van der Waals surface area (Å²) in [7, 11) is 0. The summed E-state index contributed by atoms with van der Waals surface area (Å²) >= 11 is 1.57. The molecule has 0 bridgehead atoms. The van der Waals surface area contributed by atoms with Crippen LogP contribution in [-0.2, 0) is 4.79 Å². The first-order valence-electron chi connectivity index (χ1n) is 7.91. The number of nitrogens with zero attached hydrogens (tertiary/aromatic N) is 2. The van der Waals surface area contributed by atoms with Gasteiger partial charge < -0.3 is 10.0 Å². The highest BCUT2D eigenvalue weighted by atomic mass is 32.2. The first kappa shape index (κ1) is 18.1. The molecule has 122 valence electrons. The maximum Gasteiger partial charge on any atom is 0.327 e. The van der Waals surface area contributed by atoms with Crippen LogP contribution >= 0.6 is 11.8 Å². The van der Waals surface area contributed by atoms with Crippen molar-refractivity contribution in [1.82, 2.24) is 9.80 Å². The van der Waals surface area contributed by atoms with Crippen molar-refractivity contribution in [3.05, 3.63) is 0 Å². The molecule has 1 rings (SSSR count). The molecule has 1 aliphatic heterocycles. The van der Waals surface area contributed by atoms with Gasteiger partial charge in [-0.1, -0.05) is 27.2 Å². The summed E-state index contributed by atoms with van der Waals surface area (Å²) in [6.07, 6.45) is 3.63. The molecule has 1 saturated heterocycles. The maximum absolute atomic E-state index is 12.9. The Kier molecular flexibility index (Phi) is 7.35. The second kappa shape index (κ2) is 8.51. The second-order valence-electron chi connectivity index (χ2n) is 5.54. The Morgan fingerprint density at radius 3 is 2.52 bits per heavy atom. The van der Waals surface area contributed by atoms with E-state index in [-0.39, 0.29) is 17.4 Å². The summed E-state index contributed by atoms with van der Waals surface area (Å²) < 4.78 is 0. The van der Waals surface area contributed by atoms with Gasteiger partial charge in [-0.3, -0.25) is 4.90 Å². The first-order chi connectivity index (χ1) is 9.97. The monoisotopic (exact) mass is 316 g/mol. The van der Waals surface area contributed by atoms with E-state index in [0.29, 0.717) is 12.3 Å². The number of amides is 2. The predicted octanol–water partition coefficient (Wildman–Crippen LogP) is 3.25. The van der Waals surface area contributed by atoms with E-state index in [0.717, 1.165) is 25.7 Å². The van der Waals surface area contributed by atoms with Crippen LogP contribution in [0.3, 0.4) is 0 Å². The molecule has 1 N–H and O–H groups in total. The molecule has 3 unspecified atom stereocenters. The number of unbranched alkanes of at least 4 members (excludes halogenated alkanes) is 1. The summed E-state index contributed by atoms with van der Waals surface area (Å²) in [4.78, 5) is 27.8. The van der Waals surface area contributed by atoms with Crippen molar-refractivity contribution < 1.29 is 14.7 Å². The lowest BCUT2D eigenvalue weighted by atomic mass is 10.2. The number of hydrogen-bond donors (Lipinski definition) is 1. The zero-order chi connectivity index (χ0) is 16.0. The van der Waals surface area contributed by atoms with Crippen LogP contribution < -0.4 is 0 Å². The quantitative estimate of drug-likeness (QED) is 0.783. The van der Waals surface area contributed by atoms with Crippen LogP contribution in [-0.4, -0.2) is 56.7 Å². The number of carboxylic acid groups (broad SMARTS) is 1. The molecule has 0 spiro atoms. The molecule has 1 fully saturated rings. The van der Waals surface area contributed by atoms with Crippen LogP contribution in [0.4, 0.5) is 4.79 Å². The zero-order valence-corrected chi connectivity index (χ0v) is 14.4. The highest BCUT2D eigenvalue weighted by molar-refractivity contribution is 8.00. The van der Waals surface area contributed by atoms with Crippen molar-refractivity contribution in [2.24, 2.45) is 0 Å². The van der Waals surface area contributed by atoms with Crippen molar-refractivity contribution in [2.75, 3.05) is 12.3 Å². The van der Waals surface area contributed by atoms with Gasteiger partial charge in [0.05, 0.1) is 5.37 Å². The van der Waals surface area contributed by atoms with E-state index < -0.39 is 12.0 Å². The maximum atomic E-state index is 12.9. The molecule has 6 heteroatoms. The number of carbonyl (C=O) groups is 2. The number of rotatable bonds is 7. The van der Waals surface area contributed by atoms with Gasteiger partial charge in [0.1, 0.15) is 6.04 Å². The molecular weight excluding hydrogens is 288 g/mol. The first-order valence-corrected chi connectivity index (χ1v) is 8.96. The highest BCUT2D eigenvalue weighted by Crippen LogP contribution is 2.32.